The van der Waals surface area contributed by atoms with E-state index in [9.17, 15) is 9.90 Å². The molecule has 96 valence electrons. The minimum atomic E-state index is -0.174. The molecule has 2 saturated heterocycles. The van der Waals surface area contributed by atoms with E-state index in [0.717, 1.165) is 52.0 Å². The second-order valence-electron chi connectivity index (χ2n) is 5.70. The Kier molecular flexibility index (Phi) is 3.09. The number of nitrogens with zero attached hydrogens (tertiary/aromatic N) is 1. The van der Waals surface area contributed by atoms with Gasteiger partial charge in [-0.05, 0) is 31.6 Å². The first-order chi connectivity index (χ1) is 8.25. The molecular formula is C13H21NO3. The summed E-state index contributed by atoms with van der Waals surface area (Å²) in [6.45, 7) is 3.10. The lowest BCUT2D eigenvalue weighted by Gasteiger charge is -2.27. The van der Waals surface area contributed by atoms with Gasteiger partial charge in [0.25, 0.3) is 0 Å². The van der Waals surface area contributed by atoms with E-state index in [1.165, 1.54) is 0 Å². The summed E-state index contributed by atoms with van der Waals surface area (Å²) in [5, 5.41) is 9.85. The minimum Gasteiger partial charge on any atom is -0.393 e. The third-order valence-corrected chi connectivity index (χ3v) is 4.70. The van der Waals surface area contributed by atoms with E-state index < -0.39 is 0 Å². The van der Waals surface area contributed by atoms with Gasteiger partial charge in [0.15, 0.2) is 0 Å². The van der Waals surface area contributed by atoms with Crippen LogP contribution in [0.3, 0.4) is 0 Å². The van der Waals surface area contributed by atoms with Gasteiger partial charge in [0.05, 0.1) is 6.10 Å². The molecule has 1 amide bonds. The molecule has 0 aromatic carbocycles. The molecule has 17 heavy (non-hydrogen) atoms. The molecule has 2 aliphatic heterocycles. The third kappa shape index (κ3) is 2.08. The maximum absolute atomic E-state index is 12.3. The first-order valence-electron chi connectivity index (χ1n) is 6.80. The number of hydrogen-bond donors (Lipinski definition) is 1. The molecule has 3 rings (SSSR count). The first-order valence-corrected chi connectivity index (χ1v) is 6.80. The van der Waals surface area contributed by atoms with Crippen LogP contribution in [0.25, 0.3) is 0 Å². The third-order valence-electron chi connectivity index (χ3n) is 4.70. The van der Waals surface area contributed by atoms with Crippen molar-refractivity contribution >= 4 is 5.91 Å². The standard InChI is InChI=1S/C13H21NO3/c15-12-2-1-10-7-14(8-11(10)12)13(16)9-3-5-17-6-4-9/h9-12,15H,1-8H2. The van der Waals surface area contributed by atoms with Crippen molar-refractivity contribution in [2.45, 2.75) is 31.8 Å². The smallest absolute Gasteiger partial charge is 0.225 e. The lowest BCUT2D eigenvalue weighted by atomic mass is 9.98. The Balaban J connectivity index is 1.60. The van der Waals surface area contributed by atoms with Crippen LogP contribution in [0, 0.1) is 17.8 Å². The quantitative estimate of drug-likeness (QED) is 0.730. The van der Waals surface area contributed by atoms with Gasteiger partial charge in [-0.3, -0.25) is 4.79 Å². The van der Waals surface area contributed by atoms with Crippen molar-refractivity contribution in [2.75, 3.05) is 26.3 Å². The van der Waals surface area contributed by atoms with E-state index >= 15 is 0 Å². The molecule has 3 fully saturated rings. The summed E-state index contributed by atoms with van der Waals surface area (Å²) in [5.41, 5.74) is 0. The van der Waals surface area contributed by atoms with Crippen molar-refractivity contribution in [3.63, 3.8) is 0 Å². The lowest BCUT2D eigenvalue weighted by molar-refractivity contribution is -0.137. The summed E-state index contributed by atoms with van der Waals surface area (Å²) in [5.74, 6) is 1.36. The Hall–Kier alpha value is -0.610. The van der Waals surface area contributed by atoms with Gasteiger partial charge in [-0.1, -0.05) is 0 Å². The van der Waals surface area contributed by atoms with Crippen molar-refractivity contribution in [3.8, 4) is 0 Å². The van der Waals surface area contributed by atoms with Gasteiger partial charge >= 0.3 is 0 Å². The number of rotatable bonds is 1. The van der Waals surface area contributed by atoms with Crippen LogP contribution in [-0.2, 0) is 9.53 Å². The molecule has 1 saturated carbocycles. The maximum Gasteiger partial charge on any atom is 0.225 e. The largest absolute Gasteiger partial charge is 0.393 e. The van der Waals surface area contributed by atoms with Crippen molar-refractivity contribution in [2.24, 2.45) is 17.8 Å². The second-order valence-corrected chi connectivity index (χ2v) is 5.70. The Morgan fingerprint density at radius 3 is 2.59 bits per heavy atom. The summed E-state index contributed by atoms with van der Waals surface area (Å²) in [6.07, 6.45) is 3.57. The molecule has 0 spiro atoms. The molecule has 0 radical (unpaired) electrons. The van der Waals surface area contributed by atoms with Crippen molar-refractivity contribution in [1.29, 1.82) is 0 Å². The van der Waals surface area contributed by atoms with E-state index in [0.29, 0.717) is 17.7 Å². The summed E-state index contributed by atoms with van der Waals surface area (Å²) in [7, 11) is 0. The molecule has 0 aromatic heterocycles. The Bertz CT molecular complexity index is 301. The normalized spacial score (nSPS) is 38.4. The number of amides is 1. The Labute approximate surface area is 102 Å². The summed E-state index contributed by atoms with van der Waals surface area (Å²) in [4.78, 5) is 14.3. The Morgan fingerprint density at radius 1 is 1.12 bits per heavy atom. The first kappa shape index (κ1) is 11.5. The van der Waals surface area contributed by atoms with Gasteiger partial charge in [0, 0.05) is 38.1 Å². The van der Waals surface area contributed by atoms with E-state index in [2.05, 4.69) is 0 Å². The van der Waals surface area contributed by atoms with Gasteiger partial charge in [0.1, 0.15) is 0 Å². The lowest BCUT2D eigenvalue weighted by Crippen LogP contribution is -2.38. The predicted octanol–water partition coefficient (Wildman–Crippen LogP) is 0.642. The van der Waals surface area contributed by atoms with Crippen molar-refractivity contribution < 1.29 is 14.6 Å². The number of aliphatic hydroxyl groups excluding tert-OH is 1. The van der Waals surface area contributed by atoms with Crippen LogP contribution in [0.4, 0.5) is 0 Å². The van der Waals surface area contributed by atoms with Crippen LogP contribution in [0.5, 0.6) is 0 Å². The highest BCUT2D eigenvalue weighted by molar-refractivity contribution is 5.79. The SMILES string of the molecule is O=C(C1CCOCC1)N1CC2CCC(O)C2C1. The van der Waals surface area contributed by atoms with Crippen LogP contribution in [-0.4, -0.2) is 48.3 Å². The van der Waals surface area contributed by atoms with Crippen LogP contribution >= 0.6 is 0 Å². The van der Waals surface area contributed by atoms with Gasteiger partial charge in [-0.15, -0.1) is 0 Å². The van der Waals surface area contributed by atoms with Crippen molar-refractivity contribution in [1.82, 2.24) is 4.90 Å². The number of aliphatic hydroxyl groups is 1. The molecule has 3 unspecified atom stereocenters. The van der Waals surface area contributed by atoms with E-state index in [4.69, 9.17) is 4.74 Å². The molecule has 0 bridgehead atoms. The summed E-state index contributed by atoms with van der Waals surface area (Å²) in [6, 6.07) is 0. The molecular weight excluding hydrogens is 218 g/mol. The van der Waals surface area contributed by atoms with Gasteiger partial charge in [-0.25, -0.2) is 0 Å². The molecule has 2 heterocycles. The molecule has 3 aliphatic rings. The van der Waals surface area contributed by atoms with Crippen LogP contribution in [0.1, 0.15) is 25.7 Å². The molecule has 4 heteroatoms. The van der Waals surface area contributed by atoms with Crippen LogP contribution < -0.4 is 0 Å². The zero-order valence-electron chi connectivity index (χ0n) is 10.2. The highest BCUT2D eigenvalue weighted by atomic mass is 16.5. The monoisotopic (exact) mass is 239 g/mol. The molecule has 0 aromatic rings. The Morgan fingerprint density at radius 2 is 1.88 bits per heavy atom. The van der Waals surface area contributed by atoms with Crippen LogP contribution in [0.2, 0.25) is 0 Å². The maximum atomic E-state index is 12.3. The number of likely N-dealkylation sites (tertiary alicyclic amines) is 1. The average molecular weight is 239 g/mol. The van der Waals surface area contributed by atoms with E-state index in [-0.39, 0.29) is 12.0 Å². The zero-order valence-corrected chi connectivity index (χ0v) is 10.2. The summed E-state index contributed by atoms with van der Waals surface area (Å²) >= 11 is 0. The average Bonchev–Trinajstić information content (AvgIpc) is 2.92. The predicted molar refractivity (Wildman–Crippen MR) is 62.3 cm³/mol. The number of hydrogen-bond acceptors (Lipinski definition) is 3. The molecule has 4 nitrogen and oxygen atoms in total. The summed E-state index contributed by atoms with van der Waals surface area (Å²) < 4.78 is 5.29. The number of ether oxygens (including phenoxy) is 1. The topological polar surface area (TPSA) is 49.8 Å². The number of carbonyl (C=O) groups is 1. The highest BCUT2D eigenvalue weighted by Crippen LogP contribution is 2.38. The molecule has 1 N–H and O–H groups in total. The van der Waals surface area contributed by atoms with Gasteiger partial charge < -0.3 is 14.7 Å². The van der Waals surface area contributed by atoms with Gasteiger partial charge in [0.2, 0.25) is 5.91 Å². The molecule has 3 atom stereocenters. The number of carbonyl (C=O) groups excluding carboxylic acids is 1. The fraction of sp³-hybridized carbons (Fsp3) is 0.923. The molecule has 1 aliphatic carbocycles. The highest BCUT2D eigenvalue weighted by Gasteiger charge is 2.44. The van der Waals surface area contributed by atoms with Crippen LogP contribution in [0.15, 0.2) is 0 Å². The zero-order chi connectivity index (χ0) is 11.8. The van der Waals surface area contributed by atoms with E-state index in [1.54, 1.807) is 0 Å². The second kappa shape index (κ2) is 4.58. The fourth-order valence-electron chi connectivity index (χ4n) is 3.62. The number of fused-ring (bicyclic) bond motifs is 1. The minimum absolute atomic E-state index is 0.166. The van der Waals surface area contributed by atoms with E-state index in [1.807, 2.05) is 4.90 Å². The fourth-order valence-corrected chi connectivity index (χ4v) is 3.62. The van der Waals surface area contributed by atoms with Gasteiger partial charge in [-0.2, -0.15) is 0 Å². The van der Waals surface area contributed by atoms with Crippen molar-refractivity contribution in [3.05, 3.63) is 0 Å².